The van der Waals surface area contributed by atoms with Gasteiger partial charge in [-0.25, -0.2) is 4.79 Å². The van der Waals surface area contributed by atoms with Crippen LogP contribution < -0.4 is 21.3 Å². The van der Waals surface area contributed by atoms with Crippen molar-refractivity contribution >= 4 is 23.3 Å². The van der Waals surface area contributed by atoms with Gasteiger partial charge < -0.3 is 21.3 Å². The van der Waals surface area contributed by atoms with Crippen LogP contribution in [0.1, 0.15) is 29.4 Å². The van der Waals surface area contributed by atoms with E-state index in [-0.39, 0.29) is 18.0 Å². The van der Waals surface area contributed by atoms with E-state index in [4.69, 9.17) is 0 Å². The van der Waals surface area contributed by atoms with Crippen molar-refractivity contribution in [3.8, 4) is 0 Å². The zero-order chi connectivity index (χ0) is 19.1. The minimum atomic E-state index is -0.311. The van der Waals surface area contributed by atoms with E-state index in [9.17, 15) is 9.59 Å². The van der Waals surface area contributed by atoms with Gasteiger partial charge in [-0.05, 0) is 49.7 Å². The second-order valence-corrected chi connectivity index (χ2v) is 6.34. The molecule has 0 radical (unpaired) electrons. The van der Waals surface area contributed by atoms with Crippen molar-refractivity contribution in [3.63, 3.8) is 0 Å². The number of amides is 3. The Labute approximate surface area is 158 Å². The van der Waals surface area contributed by atoms with Crippen molar-refractivity contribution in [3.05, 3.63) is 54.9 Å². The van der Waals surface area contributed by atoms with Crippen LogP contribution in [0.15, 0.2) is 49.2 Å². The summed E-state index contributed by atoms with van der Waals surface area (Å²) in [6, 6.07) is 8.59. The molecule has 0 bridgehead atoms. The standard InChI is InChI=1S/C19H24N6O2/c1-2-10-21-19(27)23-15-7-5-14(6-8-15)22-18(26)17-9-12-25(24-17)16-4-3-11-20-13-16/h2,5-9,12,16,20H,1,3-4,10-11,13H2,(H,22,26)(H2,21,23,27). The molecule has 3 rings (SSSR count). The molecule has 1 atom stereocenters. The van der Waals surface area contributed by atoms with Gasteiger partial charge in [0.15, 0.2) is 5.69 Å². The number of nitrogens with one attached hydrogen (secondary N) is 4. The number of aromatic nitrogens is 2. The van der Waals surface area contributed by atoms with E-state index in [0.29, 0.717) is 23.6 Å². The molecule has 1 saturated heterocycles. The van der Waals surface area contributed by atoms with Gasteiger partial charge in [-0.3, -0.25) is 9.48 Å². The third kappa shape index (κ3) is 5.18. The van der Waals surface area contributed by atoms with E-state index in [0.717, 1.165) is 25.9 Å². The quantitative estimate of drug-likeness (QED) is 0.588. The van der Waals surface area contributed by atoms with Crippen molar-refractivity contribution in [2.75, 3.05) is 30.3 Å². The SMILES string of the molecule is C=CCNC(=O)Nc1ccc(NC(=O)c2ccn(C3CCCNC3)n2)cc1. The predicted octanol–water partition coefficient (Wildman–Crippen LogP) is 2.37. The molecule has 1 aromatic carbocycles. The number of nitrogens with zero attached hydrogens (tertiary/aromatic N) is 2. The third-order valence-electron chi connectivity index (χ3n) is 4.29. The van der Waals surface area contributed by atoms with Gasteiger partial charge in [0.05, 0.1) is 6.04 Å². The van der Waals surface area contributed by atoms with Crippen LogP contribution in [0.4, 0.5) is 16.2 Å². The van der Waals surface area contributed by atoms with E-state index >= 15 is 0 Å². The number of carbonyl (C=O) groups excluding carboxylic acids is 2. The molecule has 0 spiro atoms. The molecule has 1 fully saturated rings. The minimum Gasteiger partial charge on any atom is -0.334 e. The molecule has 142 valence electrons. The molecule has 1 aliphatic heterocycles. The molecule has 2 aromatic rings. The number of benzene rings is 1. The molecule has 8 heteroatoms. The summed E-state index contributed by atoms with van der Waals surface area (Å²) in [4.78, 5) is 24.0. The molecule has 27 heavy (non-hydrogen) atoms. The molecule has 0 aliphatic carbocycles. The Morgan fingerprint density at radius 2 is 1.96 bits per heavy atom. The topological polar surface area (TPSA) is 100 Å². The Bertz CT molecular complexity index is 793. The van der Waals surface area contributed by atoms with E-state index in [1.165, 1.54) is 0 Å². The van der Waals surface area contributed by atoms with E-state index < -0.39 is 0 Å². The number of hydrogen-bond acceptors (Lipinski definition) is 4. The van der Waals surface area contributed by atoms with Crippen molar-refractivity contribution in [1.29, 1.82) is 0 Å². The lowest BCUT2D eigenvalue weighted by molar-refractivity contribution is 0.102. The summed E-state index contributed by atoms with van der Waals surface area (Å²) >= 11 is 0. The van der Waals surface area contributed by atoms with Crippen molar-refractivity contribution in [2.45, 2.75) is 18.9 Å². The van der Waals surface area contributed by atoms with Crippen molar-refractivity contribution in [1.82, 2.24) is 20.4 Å². The predicted molar refractivity (Wildman–Crippen MR) is 105 cm³/mol. The first kappa shape index (κ1) is 18.7. The van der Waals surface area contributed by atoms with E-state index in [1.54, 1.807) is 36.4 Å². The van der Waals surface area contributed by atoms with Gasteiger partial charge in [-0.2, -0.15) is 5.10 Å². The molecule has 1 aliphatic rings. The Balaban J connectivity index is 1.55. The summed E-state index contributed by atoms with van der Waals surface area (Å²) in [5, 5.41) is 15.9. The first-order chi connectivity index (χ1) is 13.2. The van der Waals surface area contributed by atoms with Gasteiger partial charge in [0.2, 0.25) is 0 Å². The number of urea groups is 1. The zero-order valence-electron chi connectivity index (χ0n) is 15.1. The Morgan fingerprint density at radius 3 is 2.63 bits per heavy atom. The van der Waals surface area contributed by atoms with Crippen molar-refractivity contribution < 1.29 is 9.59 Å². The van der Waals surface area contributed by atoms with Gasteiger partial charge in [0.25, 0.3) is 5.91 Å². The van der Waals surface area contributed by atoms with Crippen LogP contribution in [-0.4, -0.2) is 41.4 Å². The summed E-state index contributed by atoms with van der Waals surface area (Å²) in [7, 11) is 0. The number of piperidine rings is 1. The highest BCUT2D eigenvalue weighted by molar-refractivity contribution is 6.03. The maximum absolute atomic E-state index is 12.4. The number of hydrogen-bond donors (Lipinski definition) is 4. The number of carbonyl (C=O) groups is 2. The van der Waals surface area contributed by atoms with Crippen LogP contribution in [0.25, 0.3) is 0 Å². The van der Waals surface area contributed by atoms with Gasteiger partial charge in [0, 0.05) is 30.7 Å². The summed E-state index contributed by atoms with van der Waals surface area (Å²) in [5.74, 6) is -0.262. The average molecular weight is 368 g/mol. The lowest BCUT2D eigenvalue weighted by Gasteiger charge is -2.22. The van der Waals surface area contributed by atoms with E-state index in [1.807, 2.05) is 10.9 Å². The van der Waals surface area contributed by atoms with Gasteiger partial charge in [-0.15, -0.1) is 6.58 Å². The Kier molecular flexibility index (Phi) is 6.22. The molecule has 2 heterocycles. The van der Waals surface area contributed by atoms with Crippen LogP contribution in [0.5, 0.6) is 0 Å². The fourth-order valence-electron chi connectivity index (χ4n) is 2.89. The number of anilines is 2. The lowest BCUT2D eigenvalue weighted by atomic mass is 10.1. The summed E-state index contributed by atoms with van der Waals surface area (Å²) in [6.07, 6.45) is 5.62. The average Bonchev–Trinajstić information content (AvgIpc) is 3.19. The van der Waals surface area contributed by atoms with Gasteiger partial charge in [0.1, 0.15) is 0 Å². The maximum Gasteiger partial charge on any atom is 0.319 e. The van der Waals surface area contributed by atoms with Crippen LogP contribution in [-0.2, 0) is 0 Å². The lowest BCUT2D eigenvalue weighted by Crippen LogP contribution is -2.32. The highest BCUT2D eigenvalue weighted by Gasteiger charge is 2.17. The maximum atomic E-state index is 12.4. The molecule has 8 nitrogen and oxygen atoms in total. The highest BCUT2D eigenvalue weighted by atomic mass is 16.2. The largest absolute Gasteiger partial charge is 0.334 e. The van der Waals surface area contributed by atoms with Crippen molar-refractivity contribution in [2.24, 2.45) is 0 Å². The molecule has 1 unspecified atom stereocenters. The molecule has 0 saturated carbocycles. The molecular weight excluding hydrogens is 344 g/mol. The van der Waals surface area contributed by atoms with Gasteiger partial charge >= 0.3 is 6.03 Å². The molecule has 4 N–H and O–H groups in total. The summed E-state index contributed by atoms with van der Waals surface area (Å²) in [6.45, 7) is 5.84. The molecular formula is C19H24N6O2. The fourth-order valence-corrected chi connectivity index (χ4v) is 2.89. The fraction of sp³-hybridized carbons (Fsp3) is 0.316. The van der Waals surface area contributed by atoms with Gasteiger partial charge in [-0.1, -0.05) is 6.08 Å². The molecule has 3 amide bonds. The monoisotopic (exact) mass is 368 g/mol. The minimum absolute atomic E-state index is 0.262. The zero-order valence-corrected chi connectivity index (χ0v) is 15.1. The second-order valence-electron chi connectivity index (χ2n) is 6.34. The smallest absolute Gasteiger partial charge is 0.319 e. The first-order valence-electron chi connectivity index (χ1n) is 8.99. The summed E-state index contributed by atoms with van der Waals surface area (Å²) in [5.41, 5.74) is 1.64. The molecule has 1 aromatic heterocycles. The number of rotatable bonds is 6. The van der Waals surface area contributed by atoms with Crippen LogP contribution in [0, 0.1) is 0 Å². The summed E-state index contributed by atoms with van der Waals surface area (Å²) < 4.78 is 1.86. The van der Waals surface area contributed by atoms with E-state index in [2.05, 4.69) is 32.9 Å². The van der Waals surface area contributed by atoms with Crippen LogP contribution in [0.3, 0.4) is 0 Å². The second kappa shape index (κ2) is 9.00. The normalized spacial score (nSPS) is 16.4. The third-order valence-corrected chi connectivity index (χ3v) is 4.29. The van der Waals surface area contributed by atoms with Crippen LogP contribution in [0.2, 0.25) is 0 Å². The van der Waals surface area contributed by atoms with Crippen LogP contribution >= 0.6 is 0 Å². The highest BCUT2D eigenvalue weighted by Crippen LogP contribution is 2.17. The Morgan fingerprint density at radius 1 is 1.22 bits per heavy atom. The Hall–Kier alpha value is -3.13. The first-order valence-corrected chi connectivity index (χ1v) is 8.99.